The van der Waals surface area contributed by atoms with Gasteiger partial charge in [-0.2, -0.15) is 0 Å². The molecule has 0 rings (SSSR count). The van der Waals surface area contributed by atoms with E-state index in [1.807, 2.05) is 0 Å². The van der Waals surface area contributed by atoms with Crippen LogP contribution in [0.15, 0.2) is 12.7 Å². The van der Waals surface area contributed by atoms with Gasteiger partial charge in [-0.3, -0.25) is 9.36 Å². The Labute approximate surface area is 65.1 Å². The number of rotatable bonds is 2. The minimum atomic E-state index is -3.78. The molecule has 0 heterocycles. The fourth-order valence-corrected chi connectivity index (χ4v) is 0.505. The first-order chi connectivity index (χ1) is 4.79. The lowest BCUT2D eigenvalue weighted by atomic mass is 10.8. The van der Waals surface area contributed by atoms with E-state index >= 15 is 0 Å². The average molecular weight is 181 g/mol. The maximum atomic E-state index is 9.85. The molecule has 0 saturated carbocycles. The largest absolute Gasteiger partial charge is 0.370 e. The third-order valence-corrected chi connectivity index (χ3v) is 1.10. The van der Waals surface area contributed by atoms with Crippen molar-refractivity contribution in [2.45, 2.75) is 6.92 Å². The Morgan fingerprint density at radius 1 is 1.73 bits per heavy atom. The van der Waals surface area contributed by atoms with Gasteiger partial charge >= 0.3 is 7.60 Å². The summed E-state index contributed by atoms with van der Waals surface area (Å²) < 4.78 is 9.85. The summed E-state index contributed by atoms with van der Waals surface area (Å²) in [5.74, 6) is -0.333. The van der Waals surface area contributed by atoms with Gasteiger partial charge in [0.05, 0.1) is 6.16 Å². The fraction of sp³-hybridized carbons (Fsp3) is 0.400. The maximum absolute atomic E-state index is 9.85. The van der Waals surface area contributed by atoms with E-state index in [1.54, 1.807) is 0 Å². The van der Waals surface area contributed by atoms with Crippen LogP contribution in [0.3, 0.4) is 0 Å². The molecule has 11 heavy (non-hydrogen) atoms. The first-order valence-electron chi connectivity index (χ1n) is 2.71. The molecule has 0 aromatic carbocycles. The molecular formula is C5H12NO4P. The summed E-state index contributed by atoms with van der Waals surface area (Å²) in [6.45, 7) is 4.46. The molecule has 1 amide bonds. The summed E-state index contributed by atoms with van der Waals surface area (Å²) in [7, 11) is -3.78. The van der Waals surface area contributed by atoms with E-state index in [0.29, 0.717) is 0 Å². The zero-order chi connectivity index (χ0) is 9.49. The molecular weight excluding hydrogens is 169 g/mol. The second kappa shape index (κ2) is 6.09. The third-order valence-electron chi connectivity index (χ3n) is 0.367. The van der Waals surface area contributed by atoms with Crippen LogP contribution in [0.4, 0.5) is 0 Å². The first kappa shape index (κ1) is 13.0. The summed E-state index contributed by atoms with van der Waals surface area (Å²) in [5.41, 5.74) is 4.47. The van der Waals surface area contributed by atoms with Crippen LogP contribution < -0.4 is 5.73 Å². The molecule has 0 aliphatic carbocycles. The topological polar surface area (TPSA) is 101 Å². The molecule has 0 spiro atoms. The lowest BCUT2D eigenvalue weighted by molar-refractivity contribution is -0.115. The monoisotopic (exact) mass is 181 g/mol. The Kier molecular flexibility index (Phi) is 7.20. The minimum absolute atomic E-state index is 0.229. The van der Waals surface area contributed by atoms with Gasteiger partial charge in [0.1, 0.15) is 0 Å². The van der Waals surface area contributed by atoms with Gasteiger partial charge in [0, 0.05) is 6.92 Å². The number of nitrogens with two attached hydrogens (primary N) is 1. The average Bonchev–Trinajstić information content (AvgIpc) is 1.58. The fourth-order valence-electron chi connectivity index (χ4n) is 0.168. The highest BCUT2D eigenvalue weighted by atomic mass is 31.2. The number of carbonyl (C=O) groups is 1. The SMILES string of the molecule is C=CCP(=O)(O)O.CC(N)=O. The zero-order valence-electron chi connectivity index (χ0n) is 6.23. The summed E-state index contributed by atoms with van der Waals surface area (Å²) in [4.78, 5) is 25.3. The maximum Gasteiger partial charge on any atom is 0.329 e. The molecule has 5 nitrogen and oxygen atoms in total. The molecule has 0 unspecified atom stereocenters. The van der Waals surface area contributed by atoms with Crippen molar-refractivity contribution in [3.05, 3.63) is 12.7 Å². The number of primary amides is 1. The van der Waals surface area contributed by atoms with Crippen molar-refractivity contribution >= 4 is 13.5 Å². The van der Waals surface area contributed by atoms with Gasteiger partial charge in [0.25, 0.3) is 0 Å². The van der Waals surface area contributed by atoms with Crippen LogP contribution >= 0.6 is 7.60 Å². The molecule has 0 radical (unpaired) electrons. The van der Waals surface area contributed by atoms with Crippen LogP contribution in [-0.4, -0.2) is 21.9 Å². The van der Waals surface area contributed by atoms with Crippen LogP contribution in [0.1, 0.15) is 6.92 Å². The highest BCUT2D eigenvalue weighted by Crippen LogP contribution is 2.33. The van der Waals surface area contributed by atoms with Gasteiger partial charge in [0.15, 0.2) is 0 Å². The van der Waals surface area contributed by atoms with Crippen molar-refractivity contribution in [2.75, 3.05) is 6.16 Å². The van der Waals surface area contributed by atoms with Gasteiger partial charge in [-0.15, -0.1) is 6.58 Å². The Balaban J connectivity index is 0. The molecule has 66 valence electrons. The predicted molar refractivity (Wildman–Crippen MR) is 42.0 cm³/mol. The lowest BCUT2D eigenvalue weighted by Gasteiger charge is -1.94. The van der Waals surface area contributed by atoms with E-state index in [9.17, 15) is 9.36 Å². The van der Waals surface area contributed by atoms with Crippen molar-refractivity contribution in [1.82, 2.24) is 0 Å². The second-order valence-electron chi connectivity index (χ2n) is 1.75. The number of hydrogen-bond donors (Lipinski definition) is 3. The third kappa shape index (κ3) is 44.9. The Bertz CT molecular complexity index is 169. The van der Waals surface area contributed by atoms with E-state index in [2.05, 4.69) is 12.3 Å². The smallest absolute Gasteiger partial charge is 0.329 e. The Morgan fingerprint density at radius 2 is 2.00 bits per heavy atom. The van der Waals surface area contributed by atoms with Crippen molar-refractivity contribution in [2.24, 2.45) is 5.73 Å². The summed E-state index contributed by atoms with van der Waals surface area (Å²) in [6, 6.07) is 0. The van der Waals surface area contributed by atoms with Crippen LogP contribution in [-0.2, 0) is 9.36 Å². The molecule has 6 heteroatoms. The molecule has 0 aromatic rings. The Morgan fingerprint density at radius 3 is 2.00 bits per heavy atom. The standard InChI is InChI=1S/C3H7O3P.C2H5NO/c1-2-3-7(4,5)6;1-2(3)4/h2H,1,3H2,(H2,4,5,6);1H3,(H2,3,4). The highest BCUT2D eigenvalue weighted by molar-refractivity contribution is 7.51. The molecule has 0 atom stereocenters. The molecule has 0 saturated heterocycles. The predicted octanol–water partition coefficient (Wildman–Crippen LogP) is -0.158. The molecule has 0 bridgehead atoms. The van der Waals surface area contributed by atoms with Crippen LogP contribution in [0.25, 0.3) is 0 Å². The number of carbonyl (C=O) groups excluding carboxylic acids is 1. The van der Waals surface area contributed by atoms with Gasteiger partial charge in [-0.05, 0) is 0 Å². The van der Waals surface area contributed by atoms with E-state index in [-0.39, 0.29) is 12.1 Å². The van der Waals surface area contributed by atoms with Crippen LogP contribution in [0, 0.1) is 0 Å². The molecule has 0 aliphatic heterocycles. The van der Waals surface area contributed by atoms with Gasteiger partial charge in [-0.25, -0.2) is 0 Å². The van der Waals surface area contributed by atoms with Crippen molar-refractivity contribution in [3.63, 3.8) is 0 Å². The normalized spacial score (nSPS) is 9.36. The van der Waals surface area contributed by atoms with Crippen molar-refractivity contribution < 1.29 is 19.1 Å². The lowest BCUT2D eigenvalue weighted by Crippen LogP contribution is -2.01. The van der Waals surface area contributed by atoms with Crippen molar-refractivity contribution in [3.8, 4) is 0 Å². The molecule has 0 aromatic heterocycles. The van der Waals surface area contributed by atoms with Gasteiger partial charge in [-0.1, -0.05) is 6.08 Å². The van der Waals surface area contributed by atoms with E-state index < -0.39 is 7.60 Å². The van der Waals surface area contributed by atoms with E-state index in [4.69, 9.17) is 9.79 Å². The van der Waals surface area contributed by atoms with Gasteiger partial charge in [0.2, 0.25) is 5.91 Å². The van der Waals surface area contributed by atoms with Crippen LogP contribution in [0.5, 0.6) is 0 Å². The minimum Gasteiger partial charge on any atom is -0.370 e. The van der Waals surface area contributed by atoms with E-state index in [1.165, 1.54) is 13.0 Å². The van der Waals surface area contributed by atoms with Crippen LogP contribution in [0.2, 0.25) is 0 Å². The first-order valence-corrected chi connectivity index (χ1v) is 4.51. The van der Waals surface area contributed by atoms with Gasteiger partial charge < -0.3 is 15.5 Å². The zero-order valence-corrected chi connectivity index (χ0v) is 7.12. The summed E-state index contributed by atoms with van der Waals surface area (Å²) in [5, 5.41) is 0. The van der Waals surface area contributed by atoms with Crippen molar-refractivity contribution in [1.29, 1.82) is 0 Å². The highest BCUT2D eigenvalue weighted by Gasteiger charge is 2.06. The second-order valence-corrected chi connectivity index (χ2v) is 3.44. The number of amides is 1. The Hall–Kier alpha value is -0.640. The quantitative estimate of drug-likeness (QED) is 0.407. The molecule has 0 aliphatic rings. The van der Waals surface area contributed by atoms with E-state index in [0.717, 1.165) is 0 Å². The number of allylic oxidation sites excluding steroid dienone is 1. The summed E-state index contributed by atoms with van der Waals surface area (Å²) in [6.07, 6.45) is 0.966. The summed E-state index contributed by atoms with van der Waals surface area (Å²) >= 11 is 0. The number of hydrogen-bond acceptors (Lipinski definition) is 2. The molecule has 4 N–H and O–H groups in total. The molecule has 0 fully saturated rings.